The van der Waals surface area contributed by atoms with Gasteiger partial charge in [0.1, 0.15) is 0 Å². The minimum atomic E-state index is -0.0180. The molecule has 0 aliphatic heterocycles. The van der Waals surface area contributed by atoms with Crippen LogP contribution in [0, 0.1) is 6.92 Å². The average Bonchev–Trinajstić information content (AvgIpc) is 3.21. The molecule has 1 N–H and O–H groups in total. The first kappa shape index (κ1) is 15.4. The summed E-state index contributed by atoms with van der Waals surface area (Å²) >= 11 is 1.69. The molecule has 118 valence electrons. The van der Waals surface area contributed by atoms with Gasteiger partial charge >= 0.3 is 0 Å². The monoisotopic (exact) mass is 327 g/mol. The number of carbonyl (C=O) groups is 1. The molecule has 0 bridgehead atoms. The van der Waals surface area contributed by atoms with Gasteiger partial charge in [-0.05, 0) is 31.2 Å². The lowest BCUT2D eigenvalue weighted by Gasteiger charge is -2.01. The highest BCUT2D eigenvalue weighted by Crippen LogP contribution is 2.17. The number of hydrogen-bond acceptors (Lipinski definition) is 5. The van der Waals surface area contributed by atoms with Gasteiger partial charge in [0.15, 0.2) is 0 Å². The first-order chi connectivity index (χ1) is 11.2. The van der Waals surface area contributed by atoms with Crippen LogP contribution in [0.1, 0.15) is 22.1 Å². The third kappa shape index (κ3) is 4.26. The van der Waals surface area contributed by atoms with Crippen molar-refractivity contribution in [3.63, 3.8) is 0 Å². The van der Waals surface area contributed by atoms with Crippen LogP contribution >= 0.6 is 11.3 Å². The molecule has 2 aromatic heterocycles. The van der Waals surface area contributed by atoms with Gasteiger partial charge in [-0.3, -0.25) is 4.79 Å². The van der Waals surface area contributed by atoms with Crippen LogP contribution in [0.3, 0.4) is 0 Å². The Morgan fingerprint density at radius 1 is 1.17 bits per heavy atom. The molecule has 3 rings (SSSR count). The Kier molecular flexibility index (Phi) is 4.83. The molecule has 0 unspecified atom stereocenters. The normalized spacial score (nSPS) is 10.7. The summed E-state index contributed by atoms with van der Waals surface area (Å²) in [4.78, 5) is 14.3. The minimum absolute atomic E-state index is 0.0180. The summed E-state index contributed by atoms with van der Waals surface area (Å²) in [5, 5.41) is 10.9. The second kappa shape index (κ2) is 7.19. The highest BCUT2D eigenvalue weighted by Gasteiger charge is 2.10. The van der Waals surface area contributed by atoms with E-state index in [1.807, 2.05) is 36.4 Å². The minimum Gasteiger partial charge on any atom is -0.421 e. The predicted molar refractivity (Wildman–Crippen MR) is 89.0 cm³/mol. The maximum atomic E-state index is 11.9. The van der Waals surface area contributed by atoms with Crippen LogP contribution in [0.4, 0.5) is 0 Å². The fourth-order valence-electron chi connectivity index (χ4n) is 2.13. The number of benzene rings is 1. The van der Waals surface area contributed by atoms with Gasteiger partial charge in [0.05, 0.1) is 6.54 Å². The molecule has 23 heavy (non-hydrogen) atoms. The van der Waals surface area contributed by atoms with E-state index in [1.165, 1.54) is 4.88 Å². The zero-order valence-electron chi connectivity index (χ0n) is 12.8. The van der Waals surface area contributed by atoms with Crippen molar-refractivity contribution in [2.45, 2.75) is 26.3 Å². The fraction of sp³-hybridized carbons (Fsp3) is 0.235. The van der Waals surface area contributed by atoms with Crippen LogP contribution in [0.15, 0.2) is 46.9 Å². The SMILES string of the molecule is Cc1ccc(CNC(=O)CCc2nnc(-c3ccccc3)o2)s1. The molecule has 0 radical (unpaired) electrons. The lowest BCUT2D eigenvalue weighted by atomic mass is 10.2. The Bertz CT molecular complexity index is 780. The molecule has 1 amide bonds. The molecule has 0 atom stereocenters. The smallest absolute Gasteiger partial charge is 0.247 e. The summed E-state index contributed by atoms with van der Waals surface area (Å²) < 4.78 is 5.59. The number of aryl methyl sites for hydroxylation is 2. The van der Waals surface area contributed by atoms with Crippen molar-refractivity contribution >= 4 is 17.2 Å². The number of amides is 1. The van der Waals surface area contributed by atoms with E-state index in [0.717, 1.165) is 10.4 Å². The molecule has 5 nitrogen and oxygen atoms in total. The van der Waals surface area contributed by atoms with Crippen molar-refractivity contribution in [3.05, 3.63) is 58.1 Å². The van der Waals surface area contributed by atoms with Crippen molar-refractivity contribution in [2.24, 2.45) is 0 Å². The van der Waals surface area contributed by atoms with Gasteiger partial charge < -0.3 is 9.73 Å². The van der Waals surface area contributed by atoms with Crippen molar-refractivity contribution < 1.29 is 9.21 Å². The molecule has 0 aliphatic carbocycles. The number of carbonyl (C=O) groups excluding carboxylic acids is 1. The van der Waals surface area contributed by atoms with Crippen molar-refractivity contribution in [1.82, 2.24) is 15.5 Å². The van der Waals surface area contributed by atoms with E-state index >= 15 is 0 Å². The van der Waals surface area contributed by atoms with Crippen LogP contribution in [-0.4, -0.2) is 16.1 Å². The highest BCUT2D eigenvalue weighted by atomic mass is 32.1. The van der Waals surface area contributed by atoms with Crippen molar-refractivity contribution in [2.75, 3.05) is 0 Å². The molecule has 0 saturated carbocycles. The number of rotatable bonds is 6. The van der Waals surface area contributed by atoms with Gasteiger partial charge in [0.25, 0.3) is 0 Å². The molecule has 6 heteroatoms. The topological polar surface area (TPSA) is 68.0 Å². The first-order valence-corrected chi connectivity index (χ1v) is 8.22. The van der Waals surface area contributed by atoms with Crippen molar-refractivity contribution in [3.8, 4) is 11.5 Å². The lowest BCUT2D eigenvalue weighted by molar-refractivity contribution is -0.121. The Labute approximate surface area is 138 Å². The van der Waals surface area contributed by atoms with E-state index in [4.69, 9.17) is 4.42 Å². The highest BCUT2D eigenvalue weighted by molar-refractivity contribution is 7.11. The van der Waals surface area contributed by atoms with Gasteiger partial charge in [0, 0.05) is 28.2 Å². The quantitative estimate of drug-likeness (QED) is 0.754. The van der Waals surface area contributed by atoms with E-state index in [-0.39, 0.29) is 5.91 Å². The molecular formula is C17H17N3O2S. The van der Waals surface area contributed by atoms with Crippen LogP contribution in [-0.2, 0) is 17.8 Å². The Morgan fingerprint density at radius 2 is 2.00 bits per heavy atom. The van der Waals surface area contributed by atoms with E-state index in [2.05, 4.69) is 28.5 Å². The van der Waals surface area contributed by atoms with Crippen LogP contribution in [0.5, 0.6) is 0 Å². The van der Waals surface area contributed by atoms with E-state index in [0.29, 0.717) is 31.2 Å². The first-order valence-electron chi connectivity index (χ1n) is 7.40. The van der Waals surface area contributed by atoms with Crippen LogP contribution in [0.2, 0.25) is 0 Å². The number of nitrogens with zero attached hydrogens (tertiary/aromatic N) is 2. The second-order valence-corrected chi connectivity index (χ2v) is 6.53. The number of hydrogen-bond donors (Lipinski definition) is 1. The molecule has 1 aromatic carbocycles. The zero-order chi connectivity index (χ0) is 16.1. The number of aromatic nitrogens is 2. The molecule has 3 aromatic rings. The van der Waals surface area contributed by atoms with Gasteiger partial charge in [0.2, 0.25) is 17.7 Å². The van der Waals surface area contributed by atoms with Gasteiger partial charge in [-0.1, -0.05) is 18.2 Å². The molecule has 0 fully saturated rings. The number of nitrogens with one attached hydrogen (secondary N) is 1. The fourth-order valence-corrected chi connectivity index (χ4v) is 2.96. The van der Waals surface area contributed by atoms with Crippen LogP contribution < -0.4 is 5.32 Å². The third-order valence-electron chi connectivity index (χ3n) is 3.31. The molecule has 0 aliphatic rings. The predicted octanol–water partition coefficient (Wildman–Crippen LogP) is 3.36. The summed E-state index contributed by atoms with van der Waals surface area (Å²) in [5.74, 6) is 0.941. The maximum Gasteiger partial charge on any atom is 0.247 e. The lowest BCUT2D eigenvalue weighted by Crippen LogP contribution is -2.22. The van der Waals surface area contributed by atoms with Gasteiger partial charge in [-0.2, -0.15) is 0 Å². The van der Waals surface area contributed by atoms with E-state index in [1.54, 1.807) is 11.3 Å². The standard InChI is InChI=1S/C17H17N3O2S/c1-12-7-8-14(23-12)11-18-15(21)9-10-16-19-20-17(22-16)13-5-3-2-4-6-13/h2-8H,9-11H2,1H3,(H,18,21). The van der Waals surface area contributed by atoms with E-state index in [9.17, 15) is 4.79 Å². The Hall–Kier alpha value is -2.47. The van der Waals surface area contributed by atoms with Crippen molar-refractivity contribution in [1.29, 1.82) is 0 Å². The maximum absolute atomic E-state index is 11.9. The second-order valence-electron chi connectivity index (χ2n) is 5.16. The summed E-state index contributed by atoms with van der Waals surface area (Å²) in [6.07, 6.45) is 0.774. The summed E-state index contributed by atoms with van der Waals surface area (Å²) in [6, 6.07) is 13.7. The molecule has 0 saturated heterocycles. The van der Waals surface area contributed by atoms with Crippen LogP contribution in [0.25, 0.3) is 11.5 Å². The number of thiophene rings is 1. The summed E-state index contributed by atoms with van der Waals surface area (Å²) in [6.45, 7) is 2.62. The molecular weight excluding hydrogens is 310 g/mol. The average molecular weight is 327 g/mol. The zero-order valence-corrected chi connectivity index (χ0v) is 13.6. The van der Waals surface area contributed by atoms with Gasteiger partial charge in [-0.25, -0.2) is 0 Å². The summed E-state index contributed by atoms with van der Waals surface area (Å²) in [7, 11) is 0. The molecule has 2 heterocycles. The molecule has 0 spiro atoms. The Balaban J connectivity index is 1.48. The summed E-state index contributed by atoms with van der Waals surface area (Å²) in [5.41, 5.74) is 0.878. The van der Waals surface area contributed by atoms with E-state index < -0.39 is 0 Å². The Morgan fingerprint density at radius 3 is 2.74 bits per heavy atom. The largest absolute Gasteiger partial charge is 0.421 e. The van der Waals surface area contributed by atoms with Gasteiger partial charge in [-0.15, -0.1) is 21.5 Å². The third-order valence-corrected chi connectivity index (χ3v) is 4.31.